The second-order valence-corrected chi connectivity index (χ2v) is 7.30. The van der Waals surface area contributed by atoms with Gasteiger partial charge in [-0.25, -0.2) is 8.42 Å². The molecule has 1 fully saturated rings. The van der Waals surface area contributed by atoms with Crippen LogP contribution in [0.1, 0.15) is 26.2 Å². The molecule has 0 aliphatic carbocycles. The fraction of sp³-hybridized carbons (Fsp3) is 0.583. The average molecular weight is 305 g/mol. The van der Waals surface area contributed by atoms with E-state index in [-0.39, 0.29) is 9.92 Å². The van der Waals surface area contributed by atoms with Crippen molar-refractivity contribution in [2.45, 2.75) is 31.1 Å². The number of aromatic nitrogens is 1. The van der Waals surface area contributed by atoms with E-state index in [0.717, 1.165) is 19.3 Å². The first-order chi connectivity index (χ1) is 8.91. The van der Waals surface area contributed by atoms with Crippen LogP contribution < -0.4 is 5.56 Å². The first kappa shape index (κ1) is 14.6. The molecular formula is C12H17ClN2O3S. The number of pyridine rings is 1. The molecule has 19 heavy (non-hydrogen) atoms. The highest BCUT2D eigenvalue weighted by Crippen LogP contribution is 2.23. The molecule has 1 aromatic rings. The van der Waals surface area contributed by atoms with E-state index >= 15 is 0 Å². The zero-order valence-corrected chi connectivity index (χ0v) is 12.3. The van der Waals surface area contributed by atoms with Crippen molar-refractivity contribution in [2.24, 2.45) is 5.92 Å². The van der Waals surface area contributed by atoms with Gasteiger partial charge in [-0.1, -0.05) is 18.5 Å². The number of nitrogens with one attached hydrogen (secondary N) is 1. The van der Waals surface area contributed by atoms with E-state index in [4.69, 9.17) is 11.6 Å². The highest BCUT2D eigenvalue weighted by Gasteiger charge is 2.27. The van der Waals surface area contributed by atoms with Crippen molar-refractivity contribution in [1.82, 2.24) is 9.29 Å². The lowest BCUT2D eigenvalue weighted by Crippen LogP contribution is -2.32. The van der Waals surface area contributed by atoms with Gasteiger partial charge in [-0.05, 0) is 31.2 Å². The molecule has 1 aliphatic rings. The van der Waals surface area contributed by atoms with E-state index in [2.05, 4.69) is 11.9 Å². The first-order valence-corrected chi connectivity index (χ1v) is 8.11. The predicted octanol–water partition coefficient (Wildman–Crippen LogP) is 1.84. The predicted molar refractivity (Wildman–Crippen MR) is 73.8 cm³/mol. The van der Waals surface area contributed by atoms with Crippen LogP contribution in [0.5, 0.6) is 0 Å². The standard InChI is InChI=1S/C12H17ClN2O3S/c1-9-3-2-5-15(6-4-9)19(17,18)10-7-11(13)12(16)14-8-10/h7-9H,2-6H2,1H3,(H,14,16). The molecule has 1 aromatic heterocycles. The van der Waals surface area contributed by atoms with Crippen LogP contribution in [0.3, 0.4) is 0 Å². The van der Waals surface area contributed by atoms with Crippen LogP contribution in [0.2, 0.25) is 5.02 Å². The van der Waals surface area contributed by atoms with Crippen molar-refractivity contribution in [2.75, 3.05) is 13.1 Å². The second-order valence-electron chi connectivity index (χ2n) is 4.95. The number of nitrogens with zero attached hydrogens (tertiary/aromatic N) is 1. The minimum atomic E-state index is -3.57. The summed E-state index contributed by atoms with van der Waals surface area (Å²) in [6.07, 6.45) is 3.96. The summed E-state index contributed by atoms with van der Waals surface area (Å²) in [5.41, 5.74) is -0.481. The van der Waals surface area contributed by atoms with Gasteiger partial charge in [-0.3, -0.25) is 4.79 Å². The topological polar surface area (TPSA) is 70.2 Å². The van der Waals surface area contributed by atoms with Crippen molar-refractivity contribution in [3.63, 3.8) is 0 Å². The lowest BCUT2D eigenvalue weighted by Gasteiger charge is -2.19. The Morgan fingerprint density at radius 2 is 2.11 bits per heavy atom. The summed E-state index contributed by atoms with van der Waals surface area (Å²) in [6, 6.07) is 1.21. The van der Waals surface area contributed by atoms with Gasteiger partial charge in [0, 0.05) is 19.3 Å². The molecule has 106 valence electrons. The van der Waals surface area contributed by atoms with Crippen molar-refractivity contribution in [1.29, 1.82) is 0 Å². The van der Waals surface area contributed by atoms with Crippen molar-refractivity contribution >= 4 is 21.6 Å². The Bertz CT molecular complexity index is 612. The van der Waals surface area contributed by atoms with Gasteiger partial charge in [0.25, 0.3) is 5.56 Å². The lowest BCUT2D eigenvalue weighted by molar-refractivity contribution is 0.416. The number of hydrogen-bond donors (Lipinski definition) is 1. The summed E-state index contributed by atoms with van der Waals surface area (Å²) in [6.45, 7) is 3.16. The van der Waals surface area contributed by atoms with E-state index in [9.17, 15) is 13.2 Å². The fourth-order valence-corrected chi connectivity index (χ4v) is 3.94. The summed E-state index contributed by atoms with van der Waals surface area (Å²) in [5.74, 6) is 0.541. The minimum Gasteiger partial charge on any atom is -0.326 e. The van der Waals surface area contributed by atoms with Crippen LogP contribution in [0.4, 0.5) is 0 Å². The number of sulfonamides is 1. The Morgan fingerprint density at radius 3 is 2.79 bits per heavy atom. The highest BCUT2D eigenvalue weighted by molar-refractivity contribution is 7.89. The van der Waals surface area contributed by atoms with E-state index in [0.29, 0.717) is 19.0 Å². The number of rotatable bonds is 2. The molecule has 0 saturated carbocycles. The molecule has 1 unspecified atom stereocenters. The summed E-state index contributed by atoms with van der Waals surface area (Å²) in [5, 5.41) is -0.107. The molecule has 5 nitrogen and oxygen atoms in total. The quantitative estimate of drug-likeness (QED) is 0.906. The molecule has 0 amide bonds. The summed E-state index contributed by atoms with van der Waals surface area (Å²) in [7, 11) is -3.57. The first-order valence-electron chi connectivity index (χ1n) is 6.29. The van der Waals surface area contributed by atoms with E-state index in [1.165, 1.54) is 16.6 Å². The lowest BCUT2D eigenvalue weighted by atomic mass is 10.0. The molecule has 1 aliphatic heterocycles. The number of hydrogen-bond acceptors (Lipinski definition) is 3. The van der Waals surface area contributed by atoms with E-state index in [1.54, 1.807) is 0 Å². The molecule has 0 radical (unpaired) electrons. The Balaban J connectivity index is 2.30. The molecule has 0 spiro atoms. The Morgan fingerprint density at radius 1 is 1.37 bits per heavy atom. The molecule has 2 rings (SSSR count). The molecule has 0 bridgehead atoms. The van der Waals surface area contributed by atoms with Gasteiger partial charge in [0.15, 0.2) is 0 Å². The Kier molecular flexibility index (Phi) is 4.32. The summed E-state index contributed by atoms with van der Waals surface area (Å²) >= 11 is 5.69. The third-order valence-electron chi connectivity index (χ3n) is 3.44. The van der Waals surface area contributed by atoms with Crippen molar-refractivity contribution in [3.8, 4) is 0 Å². The highest BCUT2D eigenvalue weighted by atomic mass is 35.5. The van der Waals surface area contributed by atoms with Gasteiger partial charge in [-0.2, -0.15) is 4.31 Å². The van der Waals surface area contributed by atoms with Gasteiger partial charge >= 0.3 is 0 Å². The molecule has 1 N–H and O–H groups in total. The number of halogens is 1. The van der Waals surface area contributed by atoms with Crippen LogP contribution in [0, 0.1) is 5.92 Å². The normalized spacial score (nSPS) is 22.1. The van der Waals surface area contributed by atoms with E-state index < -0.39 is 15.6 Å². The minimum absolute atomic E-state index is 0.0478. The van der Waals surface area contributed by atoms with Gasteiger partial charge in [0.05, 0.1) is 4.90 Å². The van der Waals surface area contributed by atoms with Crippen molar-refractivity contribution in [3.05, 3.63) is 27.6 Å². The third kappa shape index (κ3) is 3.19. The SMILES string of the molecule is CC1CCCN(S(=O)(=O)c2c[nH]c(=O)c(Cl)c2)CC1. The van der Waals surface area contributed by atoms with Crippen LogP contribution in [-0.4, -0.2) is 30.8 Å². The van der Waals surface area contributed by atoms with Gasteiger partial charge < -0.3 is 4.98 Å². The Labute approximate surface area is 117 Å². The summed E-state index contributed by atoms with van der Waals surface area (Å²) < 4.78 is 26.4. The molecular weight excluding hydrogens is 288 g/mol. The summed E-state index contributed by atoms with van der Waals surface area (Å²) in [4.78, 5) is 13.6. The zero-order chi connectivity index (χ0) is 14.0. The Hall–Kier alpha value is -0.850. The van der Waals surface area contributed by atoms with E-state index in [1.807, 2.05) is 0 Å². The van der Waals surface area contributed by atoms with Crippen LogP contribution in [0.25, 0.3) is 0 Å². The average Bonchev–Trinajstić information content (AvgIpc) is 2.57. The largest absolute Gasteiger partial charge is 0.326 e. The third-order valence-corrected chi connectivity index (χ3v) is 5.60. The molecule has 1 atom stereocenters. The number of aromatic amines is 1. The molecule has 0 aromatic carbocycles. The zero-order valence-electron chi connectivity index (χ0n) is 10.7. The number of H-pyrrole nitrogens is 1. The second kappa shape index (κ2) is 5.64. The van der Waals surface area contributed by atoms with Gasteiger partial charge in [0.1, 0.15) is 5.02 Å². The maximum atomic E-state index is 12.5. The van der Waals surface area contributed by atoms with Crippen LogP contribution in [-0.2, 0) is 10.0 Å². The van der Waals surface area contributed by atoms with Crippen molar-refractivity contribution < 1.29 is 8.42 Å². The van der Waals surface area contributed by atoms with Gasteiger partial charge in [-0.15, -0.1) is 0 Å². The van der Waals surface area contributed by atoms with Crippen LogP contribution >= 0.6 is 11.6 Å². The molecule has 7 heteroatoms. The molecule has 1 saturated heterocycles. The molecule has 2 heterocycles. The maximum absolute atomic E-state index is 12.5. The van der Waals surface area contributed by atoms with Gasteiger partial charge in [0.2, 0.25) is 10.0 Å². The van der Waals surface area contributed by atoms with Crippen LogP contribution in [0.15, 0.2) is 22.0 Å². The smallest absolute Gasteiger partial charge is 0.266 e. The fourth-order valence-electron chi connectivity index (χ4n) is 2.21. The monoisotopic (exact) mass is 304 g/mol. The maximum Gasteiger partial charge on any atom is 0.266 e.